The first-order chi connectivity index (χ1) is 13.4. The van der Waals surface area contributed by atoms with Crippen molar-refractivity contribution < 1.29 is 29.4 Å². The first-order valence-electron chi connectivity index (χ1n) is 9.89. The van der Waals surface area contributed by atoms with Gasteiger partial charge in [0.2, 0.25) is 11.8 Å². The molecule has 0 aliphatic heterocycles. The highest BCUT2D eigenvalue weighted by atomic mass is 32.2. The lowest BCUT2D eigenvalue weighted by molar-refractivity contribution is -0.139. The lowest BCUT2D eigenvalue weighted by Gasteiger charge is -2.33. The first kappa shape index (κ1) is 28.6. The van der Waals surface area contributed by atoms with Gasteiger partial charge in [0.15, 0.2) is 0 Å². The largest absolute Gasteiger partial charge is 0.481 e. The van der Waals surface area contributed by atoms with Crippen molar-refractivity contribution in [2.75, 3.05) is 24.5 Å². The van der Waals surface area contributed by atoms with Gasteiger partial charge in [-0.1, -0.05) is 0 Å². The van der Waals surface area contributed by atoms with E-state index in [4.69, 9.17) is 5.11 Å². The van der Waals surface area contributed by atoms with Crippen LogP contribution >= 0.6 is 21.8 Å². The molecule has 0 aliphatic rings. The van der Waals surface area contributed by atoms with Gasteiger partial charge < -0.3 is 20.8 Å². The molecule has 0 aromatic heterocycles. The van der Waals surface area contributed by atoms with Crippen LogP contribution in [0.25, 0.3) is 0 Å². The van der Waals surface area contributed by atoms with Crippen molar-refractivity contribution in [2.45, 2.75) is 75.5 Å². The number of hydrogen-bond acceptors (Lipinski definition) is 4. The van der Waals surface area contributed by atoms with Crippen molar-refractivity contribution in [3.05, 3.63) is 0 Å². The van der Waals surface area contributed by atoms with Crippen LogP contribution in [-0.2, 0) is 19.2 Å². The minimum atomic E-state index is -1.00. The van der Waals surface area contributed by atoms with Crippen LogP contribution in [-0.4, -0.2) is 80.1 Å². The molecule has 0 aliphatic carbocycles. The third-order valence-corrected chi connectivity index (χ3v) is 8.62. The van der Waals surface area contributed by atoms with Gasteiger partial charge in [-0.05, 0) is 65.6 Å². The highest BCUT2D eigenvalue weighted by Crippen LogP contribution is 2.33. The summed E-state index contributed by atoms with van der Waals surface area (Å²) in [5.74, 6) is -1.98. The van der Waals surface area contributed by atoms with Crippen LogP contribution < -0.4 is 10.6 Å². The van der Waals surface area contributed by atoms with E-state index in [2.05, 4.69) is 10.6 Å². The van der Waals surface area contributed by atoms with Crippen LogP contribution in [0.3, 0.4) is 0 Å². The smallest absolute Gasteiger partial charge is 0.315 e. The van der Waals surface area contributed by atoms with E-state index in [1.54, 1.807) is 0 Å². The van der Waals surface area contributed by atoms with E-state index in [9.17, 15) is 24.3 Å². The Bertz CT molecular complexity index is 631. The summed E-state index contributed by atoms with van der Waals surface area (Å²) in [6, 6.07) is 0. The molecule has 8 nitrogen and oxygen atoms in total. The van der Waals surface area contributed by atoms with Crippen LogP contribution in [0.2, 0.25) is 0 Å². The lowest BCUT2D eigenvalue weighted by atomic mass is 10.0. The first-order valence-corrected chi connectivity index (χ1v) is 14.2. The quantitative estimate of drug-likeness (QED) is 0.242. The topological polar surface area (TPSA) is 133 Å². The molecule has 0 bridgehead atoms. The Morgan fingerprint density at radius 2 is 1.40 bits per heavy atom. The molecule has 4 N–H and O–H groups in total. The van der Waals surface area contributed by atoms with E-state index in [1.165, 1.54) is 0 Å². The van der Waals surface area contributed by atoms with Gasteiger partial charge >= 0.3 is 11.9 Å². The SMILES string of the molecule is C[SH](C)C(CC(=O)O)C(=O)NC(C)(C)CC[SH](C)C(CC(=O)NC(C)(C)C)C(=O)O. The average Bonchev–Trinajstić information content (AvgIpc) is 2.52. The zero-order valence-corrected chi connectivity index (χ0v) is 21.2. The summed E-state index contributed by atoms with van der Waals surface area (Å²) >= 11 is 0. The molecule has 0 heterocycles. The van der Waals surface area contributed by atoms with Crippen LogP contribution in [0.4, 0.5) is 0 Å². The summed E-state index contributed by atoms with van der Waals surface area (Å²) in [6.45, 7) is 9.23. The van der Waals surface area contributed by atoms with Gasteiger partial charge in [-0.15, -0.1) is 0 Å². The molecule has 0 spiro atoms. The molecule has 3 unspecified atom stereocenters. The maximum atomic E-state index is 12.6. The molecule has 0 saturated heterocycles. The van der Waals surface area contributed by atoms with Crippen molar-refractivity contribution in [1.82, 2.24) is 10.6 Å². The number of carbonyl (C=O) groups excluding carboxylic acids is 2. The zero-order valence-electron chi connectivity index (χ0n) is 19.4. The summed E-state index contributed by atoms with van der Waals surface area (Å²) in [5.41, 5.74) is -1.03. The summed E-state index contributed by atoms with van der Waals surface area (Å²) in [6.07, 6.45) is 5.88. The third-order valence-electron chi connectivity index (χ3n) is 4.56. The monoisotopic (exact) mass is 468 g/mol. The molecular weight excluding hydrogens is 428 g/mol. The zero-order chi connectivity index (χ0) is 23.9. The van der Waals surface area contributed by atoms with E-state index in [-0.39, 0.29) is 24.7 Å². The fourth-order valence-electron chi connectivity index (χ4n) is 2.84. The van der Waals surface area contributed by atoms with Gasteiger partial charge in [0.1, 0.15) is 0 Å². The van der Waals surface area contributed by atoms with E-state index >= 15 is 0 Å². The van der Waals surface area contributed by atoms with Crippen molar-refractivity contribution in [2.24, 2.45) is 0 Å². The van der Waals surface area contributed by atoms with Gasteiger partial charge in [-0.3, -0.25) is 19.2 Å². The Hall–Kier alpha value is -1.42. The minimum absolute atomic E-state index is 0.0712. The second kappa shape index (κ2) is 11.8. The van der Waals surface area contributed by atoms with Crippen LogP contribution in [0, 0.1) is 0 Å². The van der Waals surface area contributed by atoms with Crippen LogP contribution in [0.15, 0.2) is 0 Å². The van der Waals surface area contributed by atoms with E-state index in [0.717, 1.165) is 0 Å². The predicted octanol–water partition coefficient (Wildman–Crippen LogP) is 1.76. The van der Waals surface area contributed by atoms with Crippen LogP contribution in [0.5, 0.6) is 0 Å². The Kier molecular flexibility index (Phi) is 11.3. The fourth-order valence-corrected chi connectivity index (χ4v) is 5.98. The van der Waals surface area contributed by atoms with E-state index < -0.39 is 55.3 Å². The van der Waals surface area contributed by atoms with Gasteiger partial charge in [0.25, 0.3) is 0 Å². The number of carboxylic acids is 2. The Morgan fingerprint density at radius 1 is 0.867 bits per heavy atom. The normalized spacial score (nSPS) is 16.1. The standard InChI is InChI=1S/C20H40N2O6S2/c1-19(2,3)21-15(23)11-14(18(27)28)30(8)10-9-20(4,5)22-17(26)13(29(6)7)12-16(24)25/h13-14,29-30H,9-12H2,1-8H3,(H,21,23)(H,22,26)(H,24,25)(H,27,28). The third kappa shape index (κ3) is 11.7. The van der Waals surface area contributed by atoms with E-state index in [1.807, 2.05) is 53.4 Å². The highest BCUT2D eigenvalue weighted by Gasteiger charge is 2.31. The molecule has 2 amide bonds. The maximum Gasteiger partial charge on any atom is 0.315 e. The molecular formula is C20H40N2O6S2. The number of rotatable bonds is 12. The Labute approximate surface area is 185 Å². The van der Waals surface area contributed by atoms with Crippen molar-refractivity contribution in [1.29, 1.82) is 0 Å². The Balaban J connectivity index is 4.98. The minimum Gasteiger partial charge on any atom is -0.481 e. The van der Waals surface area contributed by atoms with Gasteiger partial charge in [-0.25, -0.2) is 21.8 Å². The number of aliphatic carboxylic acids is 2. The van der Waals surface area contributed by atoms with Crippen molar-refractivity contribution in [3.8, 4) is 0 Å². The summed E-state index contributed by atoms with van der Waals surface area (Å²) in [7, 11) is -1.75. The molecule has 0 fully saturated rings. The number of carboxylic acid groups (broad SMARTS) is 2. The molecule has 178 valence electrons. The second-order valence-corrected chi connectivity index (χ2v) is 14.7. The molecule has 0 aromatic carbocycles. The summed E-state index contributed by atoms with van der Waals surface area (Å²) in [5, 5.41) is 23.1. The van der Waals surface area contributed by atoms with Crippen LogP contribution in [0.1, 0.15) is 53.9 Å². The summed E-state index contributed by atoms with van der Waals surface area (Å²) in [4.78, 5) is 47.6. The van der Waals surface area contributed by atoms with Crippen molar-refractivity contribution in [3.63, 3.8) is 0 Å². The molecule has 0 aromatic rings. The van der Waals surface area contributed by atoms with Crippen molar-refractivity contribution >= 4 is 45.5 Å². The number of nitrogens with one attached hydrogen (secondary N) is 2. The lowest BCUT2D eigenvalue weighted by Crippen LogP contribution is -2.48. The Morgan fingerprint density at radius 3 is 1.80 bits per heavy atom. The summed E-state index contributed by atoms with van der Waals surface area (Å²) < 4.78 is 0. The van der Waals surface area contributed by atoms with Gasteiger partial charge in [0.05, 0.1) is 16.9 Å². The molecule has 0 rings (SSSR count). The number of carbonyl (C=O) groups is 4. The average molecular weight is 469 g/mol. The molecule has 0 saturated carbocycles. The number of amides is 2. The van der Waals surface area contributed by atoms with E-state index in [0.29, 0.717) is 12.2 Å². The van der Waals surface area contributed by atoms with Gasteiger partial charge in [0, 0.05) is 17.5 Å². The molecule has 3 atom stereocenters. The predicted molar refractivity (Wildman–Crippen MR) is 127 cm³/mol. The number of thiol groups is 2. The highest BCUT2D eigenvalue weighted by molar-refractivity contribution is 8.17. The maximum absolute atomic E-state index is 12.6. The fraction of sp³-hybridized carbons (Fsp3) is 0.800. The second-order valence-electron chi connectivity index (χ2n) is 9.54. The van der Waals surface area contributed by atoms with Gasteiger partial charge in [-0.2, -0.15) is 0 Å². The molecule has 0 radical (unpaired) electrons. The number of hydrogen-bond donors (Lipinski definition) is 6. The molecule has 30 heavy (non-hydrogen) atoms. The molecule has 10 heteroatoms.